The number of aryl methyl sites for hydroxylation is 2. The van der Waals surface area contributed by atoms with Crippen LogP contribution < -0.4 is 9.62 Å². The molecular weight excluding hydrogens is 499 g/mol. The van der Waals surface area contributed by atoms with Crippen LogP contribution >= 0.6 is 23.2 Å². The van der Waals surface area contributed by atoms with Gasteiger partial charge in [0.25, 0.3) is 10.0 Å². The molecule has 0 aliphatic carbocycles. The third kappa shape index (κ3) is 5.70. The van der Waals surface area contributed by atoms with Crippen molar-refractivity contribution in [3.63, 3.8) is 0 Å². The molecule has 0 saturated carbocycles. The summed E-state index contributed by atoms with van der Waals surface area (Å²) in [5.74, 6) is -1.21. The lowest BCUT2D eigenvalue weighted by Crippen LogP contribution is -2.38. The fourth-order valence-electron chi connectivity index (χ4n) is 3.14. The standard InChI is InChI=1S/C24H22Cl2N2O5S/c1-15-4-9-19(10-5-15)34(31,32)28(22-13-18(25)8-11-20(22)26)14-23(29)27-21-12-17(24(30)33-3)7-6-16(21)2/h4-13H,14H2,1-3H3,(H,27,29). The molecule has 0 saturated heterocycles. The second-order valence-corrected chi connectivity index (χ2v) is 10.2. The summed E-state index contributed by atoms with van der Waals surface area (Å²) in [6.07, 6.45) is 0. The van der Waals surface area contributed by atoms with E-state index in [1.165, 1.54) is 43.5 Å². The third-order valence-corrected chi connectivity index (χ3v) is 7.33. The topological polar surface area (TPSA) is 92.8 Å². The number of halogens is 2. The normalized spacial score (nSPS) is 11.1. The Morgan fingerprint density at radius 1 is 0.971 bits per heavy atom. The highest BCUT2D eigenvalue weighted by atomic mass is 35.5. The number of benzene rings is 3. The van der Waals surface area contributed by atoms with Crippen LogP contribution in [0, 0.1) is 13.8 Å². The van der Waals surface area contributed by atoms with Crippen LogP contribution in [-0.2, 0) is 19.6 Å². The van der Waals surface area contributed by atoms with E-state index in [2.05, 4.69) is 5.32 Å². The van der Waals surface area contributed by atoms with E-state index in [9.17, 15) is 18.0 Å². The first-order valence-corrected chi connectivity index (χ1v) is 12.3. The second kappa shape index (κ2) is 10.5. The van der Waals surface area contributed by atoms with Gasteiger partial charge >= 0.3 is 5.97 Å². The molecule has 0 aliphatic rings. The first-order chi connectivity index (χ1) is 16.0. The van der Waals surface area contributed by atoms with Crippen LogP contribution in [0.15, 0.2) is 65.6 Å². The Morgan fingerprint density at radius 3 is 2.29 bits per heavy atom. The highest BCUT2D eigenvalue weighted by Gasteiger charge is 2.29. The molecule has 0 aromatic heterocycles. The van der Waals surface area contributed by atoms with E-state index < -0.39 is 28.4 Å². The van der Waals surface area contributed by atoms with E-state index >= 15 is 0 Å². The third-order valence-electron chi connectivity index (χ3n) is 5.01. The number of amides is 1. The Kier molecular flexibility index (Phi) is 7.86. The Bertz CT molecular complexity index is 1340. The summed E-state index contributed by atoms with van der Waals surface area (Å²) >= 11 is 12.4. The number of sulfonamides is 1. The summed E-state index contributed by atoms with van der Waals surface area (Å²) in [7, 11) is -2.92. The number of nitrogens with zero attached hydrogens (tertiary/aromatic N) is 1. The minimum atomic E-state index is -4.18. The minimum absolute atomic E-state index is 0.00851. The Morgan fingerprint density at radius 2 is 1.65 bits per heavy atom. The SMILES string of the molecule is COC(=O)c1ccc(C)c(NC(=O)CN(c2cc(Cl)ccc2Cl)S(=O)(=O)c2ccc(C)cc2)c1. The van der Waals surface area contributed by atoms with Gasteiger partial charge in [-0.25, -0.2) is 13.2 Å². The van der Waals surface area contributed by atoms with Crippen molar-refractivity contribution in [2.45, 2.75) is 18.7 Å². The van der Waals surface area contributed by atoms with Gasteiger partial charge in [-0.3, -0.25) is 9.10 Å². The first kappa shape index (κ1) is 25.6. The van der Waals surface area contributed by atoms with Crippen LogP contribution in [0.3, 0.4) is 0 Å². The lowest BCUT2D eigenvalue weighted by atomic mass is 10.1. The maximum atomic E-state index is 13.5. The maximum Gasteiger partial charge on any atom is 0.337 e. The van der Waals surface area contributed by atoms with Crippen molar-refractivity contribution in [2.75, 3.05) is 23.3 Å². The van der Waals surface area contributed by atoms with Crippen LogP contribution in [0.2, 0.25) is 10.0 Å². The summed E-state index contributed by atoms with van der Waals surface area (Å²) in [6.45, 7) is 2.99. The molecule has 0 radical (unpaired) electrons. The molecule has 0 spiro atoms. The molecule has 0 atom stereocenters. The van der Waals surface area contributed by atoms with Crippen LogP contribution in [-0.4, -0.2) is 33.9 Å². The van der Waals surface area contributed by atoms with Gasteiger partial charge in [0.05, 0.1) is 28.3 Å². The molecule has 3 aromatic carbocycles. The van der Waals surface area contributed by atoms with Gasteiger partial charge in [0.15, 0.2) is 0 Å². The van der Waals surface area contributed by atoms with E-state index in [-0.39, 0.29) is 26.2 Å². The van der Waals surface area contributed by atoms with E-state index in [0.29, 0.717) is 11.3 Å². The van der Waals surface area contributed by atoms with Crippen molar-refractivity contribution in [1.29, 1.82) is 0 Å². The number of hydrogen-bond acceptors (Lipinski definition) is 5. The average molecular weight is 521 g/mol. The maximum absolute atomic E-state index is 13.5. The fourth-order valence-corrected chi connectivity index (χ4v) is 5.00. The molecule has 3 rings (SSSR count). The molecular formula is C24H22Cl2N2O5S. The second-order valence-electron chi connectivity index (χ2n) is 7.49. The van der Waals surface area contributed by atoms with E-state index in [4.69, 9.17) is 27.9 Å². The van der Waals surface area contributed by atoms with E-state index in [1.807, 2.05) is 6.92 Å². The number of rotatable bonds is 7. The molecule has 34 heavy (non-hydrogen) atoms. The predicted octanol–water partition coefficient (Wildman–Crippen LogP) is 5.23. The molecule has 3 aromatic rings. The van der Waals surface area contributed by atoms with Gasteiger partial charge in [0.2, 0.25) is 5.91 Å². The molecule has 0 unspecified atom stereocenters. The molecule has 1 N–H and O–H groups in total. The quantitative estimate of drug-likeness (QED) is 0.430. The fraction of sp³-hybridized carbons (Fsp3) is 0.167. The van der Waals surface area contributed by atoms with Crippen molar-refractivity contribution in [1.82, 2.24) is 0 Å². The van der Waals surface area contributed by atoms with Crippen LogP contribution in [0.4, 0.5) is 11.4 Å². The largest absolute Gasteiger partial charge is 0.465 e. The summed E-state index contributed by atoms with van der Waals surface area (Å²) in [5.41, 5.74) is 2.20. The van der Waals surface area contributed by atoms with Crippen molar-refractivity contribution in [3.8, 4) is 0 Å². The summed E-state index contributed by atoms with van der Waals surface area (Å²) in [5, 5.41) is 3.03. The van der Waals surface area contributed by atoms with Crippen LogP contribution in [0.5, 0.6) is 0 Å². The highest BCUT2D eigenvalue weighted by Crippen LogP contribution is 2.33. The number of carbonyl (C=O) groups is 2. The highest BCUT2D eigenvalue weighted by molar-refractivity contribution is 7.92. The van der Waals surface area contributed by atoms with Crippen molar-refractivity contribution < 1.29 is 22.7 Å². The van der Waals surface area contributed by atoms with E-state index in [0.717, 1.165) is 9.87 Å². The van der Waals surface area contributed by atoms with Crippen molar-refractivity contribution in [3.05, 3.63) is 87.4 Å². The number of nitrogens with one attached hydrogen (secondary N) is 1. The smallest absolute Gasteiger partial charge is 0.337 e. The number of anilines is 2. The van der Waals surface area contributed by atoms with Crippen molar-refractivity contribution >= 4 is 56.5 Å². The van der Waals surface area contributed by atoms with Gasteiger partial charge in [0, 0.05) is 10.7 Å². The molecule has 7 nitrogen and oxygen atoms in total. The van der Waals surface area contributed by atoms with E-state index in [1.54, 1.807) is 31.2 Å². The summed E-state index contributed by atoms with van der Waals surface area (Å²) in [6, 6.07) is 15.3. The van der Waals surface area contributed by atoms with Crippen LogP contribution in [0.25, 0.3) is 0 Å². The zero-order chi connectivity index (χ0) is 25.0. The lowest BCUT2D eigenvalue weighted by Gasteiger charge is -2.25. The van der Waals surface area contributed by atoms with Gasteiger partial charge in [-0.2, -0.15) is 0 Å². The van der Waals surface area contributed by atoms with Gasteiger partial charge in [-0.1, -0.05) is 47.0 Å². The summed E-state index contributed by atoms with van der Waals surface area (Å²) in [4.78, 5) is 24.9. The average Bonchev–Trinajstić information content (AvgIpc) is 2.80. The Balaban J connectivity index is 2.00. The van der Waals surface area contributed by atoms with Gasteiger partial charge in [-0.05, 0) is 61.9 Å². The van der Waals surface area contributed by atoms with Gasteiger partial charge in [0.1, 0.15) is 6.54 Å². The lowest BCUT2D eigenvalue weighted by molar-refractivity contribution is -0.114. The monoisotopic (exact) mass is 520 g/mol. The zero-order valence-corrected chi connectivity index (χ0v) is 21.0. The molecule has 0 aliphatic heterocycles. The Labute approximate surface area is 208 Å². The summed E-state index contributed by atoms with van der Waals surface area (Å²) < 4.78 is 32.7. The Hall–Kier alpha value is -3.07. The van der Waals surface area contributed by atoms with Gasteiger partial charge in [-0.15, -0.1) is 0 Å². The van der Waals surface area contributed by atoms with Crippen LogP contribution in [0.1, 0.15) is 21.5 Å². The molecule has 0 fully saturated rings. The number of methoxy groups -OCH3 is 1. The number of esters is 1. The van der Waals surface area contributed by atoms with Crippen molar-refractivity contribution in [2.24, 2.45) is 0 Å². The molecule has 178 valence electrons. The molecule has 0 bridgehead atoms. The minimum Gasteiger partial charge on any atom is -0.465 e. The number of hydrogen-bond donors (Lipinski definition) is 1. The molecule has 0 heterocycles. The first-order valence-electron chi connectivity index (χ1n) is 10.1. The molecule has 1 amide bonds. The number of ether oxygens (including phenoxy) is 1. The molecule has 10 heteroatoms. The predicted molar refractivity (Wildman–Crippen MR) is 133 cm³/mol. The number of carbonyl (C=O) groups excluding carboxylic acids is 2. The van der Waals surface area contributed by atoms with Gasteiger partial charge < -0.3 is 10.1 Å². The zero-order valence-electron chi connectivity index (χ0n) is 18.6.